The Bertz CT molecular complexity index is 575. The van der Waals surface area contributed by atoms with Crippen molar-refractivity contribution in [2.45, 2.75) is 44.6 Å². The van der Waals surface area contributed by atoms with Crippen LogP contribution in [0.15, 0.2) is 29.3 Å². The zero-order valence-corrected chi connectivity index (χ0v) is 18.4. The minimum Gasteiger partial charge on any atom is -0.497 e. The number of guanidine groups is 1. The van der Waals surface area contributed by atoms with Gasteiger partial charge in [-0.15, -0.1) is 24.0 Å². The van der Waals surface area contributed by atoms with Gasteiger partial charge in [-0.05, 0) is 37.3 Å². The fraction of sp³-hybridized carbons (Fsp3) is 0.650. The highest BCUT2D eigenvalue weighted by Gasteiger charge is 2.23. The van der Waals surface area contributed by atoms with Crippen LogP contribution in [0.1, 0.15) is 38.5 Å². The summed E-state index contributed by atoms with van der Waals surface area (Å²) < 4.78 is 5.34. The molecule has 1 aliphatic heterocycles. The Balaban J connectivity index is 0.00000243. The Kier molecular flexibility index (Phi) is 8.81. The number of benzene rings is 1. The molecule has 1 aromatic rings. The smallest absolute Gasteiger partial charge is 0.191 e. The second-order valence-electron chi connectivity index (χ2n) is 7.23. The van der Waals surface area contributed by atoms with Crippen LogP contribution < -0.4 is 20.3 Å². The zero-order valence-electron chi connectivity index (χ0n) is 16.0. The summed E-state index contributed by atoms with van der Waals surface area (Å²) in [4.78, 5) is 6.86. The van der Waals surface area contributed by atoms with Crippen LogP contribution in [0.3, 0.4) is 0 Å². The summed E-state index contributed by atoms with van der Waals surface area (Å²) in [6, 6.07) is 8.95. The van der Waals surface area contributed by atoms with E-state index in [2.05, 4.69) is 38.7 Å². The van der Waals surface area contributed by atoms with E-state index >= 15 is 0 Å². The highest BCUT2D eigenvalue weighted by Crippen LogP contribution is 2.26. The molecule has 2 fully saturated rings. The van der Waals surface area contributed by atoms with E-state index < -0.39 is 0 Å². The lowest BCUT2D eigenvalue weighted by atomic mass is 9.96. The molecule has 1 aliphatic carbocycles. The molecular weight excluding hydrogens is 439 g/mol. The quantitative estimate of drug-likeness (QED) is 0.391. The summed E-state index contributed by atoms with van der Waals surface area (Å²) >= 11 is 0. The Labute approximate surface area is 175 Å². The molecule has 0 amide bonds. The van der Waals surface area contributed by atoms with Gasteiger partial charge in [0.2, 0.25) is 0 Å². The average Bonchev–Trinajstić information content (AvgIpc) is 3.15. The number of aliphatic imine (C=N–C) groups is 1. The first-order valence-electron chi connectivity index (χ1n) is 9.64. The number of halogens is 1. The first kappa shape index (κ1) is 21.1. The molecule has 1 saturated heterocycles. The molecule has 2 N–H and O–H groups in total. The molecular formula is C20H33IN4O. The van der Waals surface area contributed by atoms with E-state index in [-0.39, 0.29) is 24.0 Å². The molecule has 146 valence electrons. The molecule has 2 aliphatic rings. The number of hydrogen-bond acceptors (Lipinski definition) is 3. The van der Waals surface area contributed by atoms with E-state index in [1.807, 2.05) is 13.1 Å². The maximum absolute atomic E-state index is 5.34. The molecule has 3 rings (SSSR count). The minimum absolute atomic E-state index is 0. The third kappa shape index (κ3) is 5.93. The van der Waals surface area contributed by atoms with Gasteiger partial charge in [-0.1, -0.05) is 25.3 Å². The fourth-order valence-electron chi connectivity index (χ4n) is 3.92. The first-order valence-corrected chi connectivity index (χ1v) is 9.64. The molecule has 1 heterocycles. The van der Waals surface area contributed by atoms with Gasteiger partial charge in [0.05, 0.1) is 7.11 Å². The lowest BCUT2D eigenvalue weighted by molar-refractivity contribution is 0.408. The molecule has 1 atom stereocenters. The normalized spacial score (nSPS) is 21.2. The molecule has 0 spiro atoms. The van der Waals surface area contributed by atoms with Gasteiger partial charge in [0.1, 0.15) is 5.75 Å². The lowest BCUT2D eigenvalue weighted by Crippen LogP contribution is -2.45. The lowest BCUT2D eigenvalue weighted by Gasteiger charge is -2.25. The summed E-state index contributed by atoms with van der Waals surface area (Å²) in [5.41, 5.74) is 1.26. The van der Waals surface area contributed by atoms with Crippen molar-refractivity contribution in [3.05, 3.63) is 24.3 Å². The van der Waals surface area contributed by atoms with Gasteiger partial charge in [-0.2, -0.15) is 0 Å². The van der Waals surface area contributed by atoms with E-state index in [0.717, 1.165) is 31.3 Å². The molecule has 0 aromatic heterocycles. The Morgan fingerprint density at radius 3 is 2.77 bits per heavy atom. The van der Waals surface area contributed by atoms with Crippen LogP contribution >= 0.6 is 24.0 Å². The maximum atomic E-state index is 5.34. The molecule has 6 heteroatoms. The number of methoxy groups -OCH3 is 1. The molecule has 26 heavy (non-hydrogen) atoms. The third-order valence-corrected chi connectivity index (χ3v) is 5.43. The van der Waals surface area contributed by atoms with Crippen molar-refractivity contribution in [3.8, 4) is 5.75 Å². The SMILES string of the molecule is CN=C(NCC1CCN(c2cccc(OC)c2)C1)NC1CCCCC1.I. The predicted molar refractivity (Wildman–Crippen MR) is 120 cm³/mol. The molecule has 0 bridgehead atoms. The first-order chi connectivity index (χ1) is 12.3. The molecule has 1 saturated carbocycles. The Hall–Kier alpha value is -1.18. The standard InChI is InChI=1S/C20H32N4O.HI/c1-21-20(23-17-7-4-3-5-8-17)22-14-16-11-12-24(15-16)18-9-6-10-19(13-18)25-2;/h6,9-10,13,16-17H,3-5,7-8,11-12,14-15H2,1-2H3,(H2,21,22,23);1H. The summed E-state index contributed by atoms with van der Waals surface area (Å²) in [6.45, 7) is 3.17. The second-order valence-corrected chi connectivity index (χ2v) is 7.23. The average molecular weight is 472 g/mol. The van der Waals surface area contributed by atoms with Crippen LogP contribution in [-0.4, -0.2) is 45.8 Å². The predicted octanol–water partition coefficient (Wildman–Crippen LogP) is 3.64. The van der Waals surface area contributed by atoms with Gasteiger partial charge in [0, 0.05) is 44.5 Å². The highest BCUT2D eigenvalue weighted by atomic mass is 127. The summed E-state index contributed by atoms with van der Waals surface area (Å²) in [6.07, 6.45) is 7.82. The number of rotatable bonds is 5. The topological polar surface area (TPSA) is 48.9 Å². The summed E-state index contributed by atoms with van der Waals surface area (Å²) in [5, 5.41) is 7.14. The van der Waals surface area contributed by atoms with E-state index in [9.17, 15) is 0 Å². The van der Waals surface area contributed by atoms with E-state index in [1.54, 1.807) is 7.11 Å². The molecule has 1 aromatic carbocycles. The van der Waals surface area contributed by atoms with Crippen molar-refractivity contribution in [3.63, 3.8) is 0 Å². The van der Waals surface area contributed by atoms with E-state index in [4.69, 9.17) is 4.74 Å². The summed E-state index contributed by atoms with van der Waals surface area (Å²) in [7, 11) is 3.59. The van der Waals surface area contributed by atoms with Gasteiger partial charge < -0.3 is 20.3 Å². The third-order valence-electron chi connectivity index (χ3n) is 5.43. The maximum Gasteiger partial charge on any atom is 0.191 e. The van der Waals surface area contributed by atoms with Crippen LogP contribution in [-0.2, 0) is 0 Å². The Morgan fingerprint density at radius 1 is 1.23 bits per heavy atom. The summed E-state index contributed by atoms with van der Waals surface area (Å²) in [5.74, 6) is 2.54. The highest BCUT2D eigenvalue weighted by molar-refractivity contribution is 14.0. The van der Waals surface area contributed by atoms with Crippen LogP contribution in [0, 0.1) is 5.92 Å². The minimum atomic E-state index is 0. The Morgan fingerprint density at radius 2 is 2.04 bits per heavy atom. The van der Waals surface area contributed by atoms with Crippen molar-refractivity contribution in [2.24, 2.45) is 10.9 Å². The number of ether oxygens (including phenoxy) is 1. The molecule has 0 radical (unpaired) electrons. The number of hydrogen-bond donors (Lipinski definition) is 2. The molecule has 1 unspecified atom stereocenters. The van der Waals surface area contributed by atoms with Gasteiger partial charge in [-0.3, -0.25) is 4.99 Å². The van der Waals surface area contributed by atoms with Crippen LogP contribution in [0.25, 0.3) is 0 Å². The zero-order chi connectivity index (χ0) is 17.5. The van der Waals surface area contributed by atoms with Crippen LogP contribution in [0.5, 0.6) is 5.75 Å². The van der Waals surface area contributed by atoms with Gasteiger partial charge in [0.25, 0.3) is 0 Å². The van der Waals surface area contributed by atoms with Crippen molar-refractivity contribution >= 4 is 35.6 Å². The van der Waals surface area contributed by atoms with Gasteiger partial charge in [-0.25, -0.2) is 0 Å². The van der Waals surface area contributed by atoms with Crippen LogP contribution in [0.4, 0.5) is 5.69 Å². The number of nitrogens with zero attached hydrogens (tertiary/aromatic N) is 2. The number of nitrogens with one attached hydrogen (secondary N) is 2. The van der Waals surface area contributed by atoms with E-state index in [0.29, 0.717) is 12.0 Å². The van der Waals surface area contributed by atoms with Crippen molar-refractivity contribution in [1.82, 2.24) is 10.6 Å². The van der Waals surface area contributed by atoms with Gasteiger partial charge in [0.15, 0.2) is 5.96 Å². The van der Waals surface area contributed by atoms with Crippen molar-refractivity contribution in [2.75, 3.05) is 38.7 Å². The fourth-order valence-corrected chi connectivity index (χ4v) is 3.92. The van der Waals surface area contributed by atoms with E-state index in [1.165, 1.54) is 44.2 Å². The largest absolute Gasteiger partial charge is 0.497 e. The van der Waals surface area contributed by atoms with Crippen molar-refractivity contribution < 1.29 is 4.74 Å². The monoisotopic (exact) mass is 472 g/mol. The number of anilines is 1. The molecule has 5 nitrogen and oxygen atoms in total. The van der Waals surface area contributed by atoms with Crippen molar-refractivity contribution in [1.29, 1.82) is 0 Å². The van der Waals surface area contributed by atoms with Crippen LogP contribution in [0.2, 0.25) is 0 Å². The second kappa shape index (κ2) is 10.8. The van der Waals surface area contributed by atoms with Gasteiger partial charge >= 0.3 is 0 Å².